The van der Waals surface area contributed by atoms with Gasteiger partial charge in [0.2, 0.25) is 5.82 Å². The monoisotopic (exact) mass is 299 g/mol. The van der Waals surface area contributed by atoms with Crippen molar-refractivity contribution in [2.75, 3.05) is 19.5 Å². The highest BCUT2D eigenvalue weighted by atomic mass is 16.5. The van der Waals surface area contributed by atoms with Gasteiger partial charge < -0.3 is 14.8 Å². The minimum Gasteiger partial charge on any atom is -0.497 e. The number of amides is 1. The predicted molar refractivity (Wildman–Crippen MR) is 78.3 cm³/mol. The summed E-state index contributed by atoms with van der Waals surface area (Å²) in [6, 6.07) is 6.78. The average Bonchev–Trinajstić information content (AvgIpc) is 2.99. The largest absolute Gasteiger partial charge is 0.497 e. The van der Waals surface area contributed by atoms with Crippen LogP contribution in [0.5, 0.6) is 11.5 Å². The summed E-state index contributed by atoms with van der Waals surface area (Å²) in [5.74, 6) is 1.04. The molecule has 2 aromatic heterocycles. The Bertz CT molecular complexity index is 797. The molecule has 8 nitrogen and oxygen atoms in total. The number of nitrogens with one attached hydrogen (secondary N) is 1. The van der Waals surface area contributed by atoms with Crippen LogP contribution in [0.3, 0.4) is 0 Å². The number of hydrogen-bond acceptors (Lipinski definition) is 6. The minimum absolute atomic E-state index is 0.0246. The average molecular weight is 299 g/mol. The molecule has 1 aromatic carbocycles. The first-order chi connectivity index (χ1) is 10.7. The summed E-state index contributed by atoms with van der Waals surface area (Å²) in [6.07, 6.45) is 3.25. The van der Waals surface area contributed by atoms with Crippen molar-refractivity contribution in [2.24, 2.45) is 0 Å². The van der Waals surface area contributed by atoms with Crippen LogP contribution in [0, 0.1) is 0 Å². The molecule has 0 atom stereocenters. The number of aromatic nitrogens is 4. The Labute approximate surface area is 125 Å². The van der Waals surface area contributed by atoms with Crippen LogP contribution in [-0.2, 0) is 0 Å². The molecule has 0 saturated carbocycles. The number of hydrogen-bond donors (Lipinski definition) is 1. The molecule has 0 aliphatic rings. The van der Waals surface area contributed by atoms with Gasteiger partial charge in [0.25, 0.3) is 11.7 Å². The number of carbonyl (C=O) groups is 1. The van der Waals surface area contributed by atoms with Crippen LogP contribution in [-0.4, -0.2) is 39.7 Å². The second-order valence-electron chi connectivity index (χ2n) is 4.32. The Hall–Kier alpha value is -3.16. The zero-order valence-electron chi connectivity index (χ0n) is 12.0. The summed E-state index contributed by atoms with van der Waals surface area (Å²) in [5.41, 5.74) is 0.500. The predicted octanol–water partition coefficient (Wildman–Crippen LogP) is 1.39. The molecule has 0 bridgehead atoms. The molecule has 3 aromatic rings. The van der Waals surface area contributed by atoms with E-state index in [0.717, 1.165) is 0 Å². The van der Waals surface area contributed by atoms with Crippen molar-refractivity contribution in [1.82, 2.24) is 19.6 Å². The van der Waals surface area contributed by atoms with Gasteiger partial charge >= 0.3 is 0 Å². The van der Waals surface area contributed by atoms with Crippen LogP contribution < -0.4 is 14.8 Å². The molecule has 0 fully saturated rings. The molecule has 3 rings (SSSR count). The Morgan fingerprint density at radius 1 is 1.27 bits per heavy atom. The van der Waals surface area contributed by atoms with E-state index >= 15 is 0 Å². The fraction of sp³-hybridized carbons (Fsp3) is 0.143. The lowest BCUT2D eigenvalue weighted by Crippen LogP contribution is -2.14. The molecule has 1 amide bonds. The Kier molecular flexibility index (Phi) is 3.57. The molecule has 0 spiro atoms. The van der Waals surface area contributed by atoms with E-state index in [4.69, 9.17) is 9.47 Å². The van der Waals surface area contributed by atoms with Crippen LogP contribution in [0.15, 0.2) is 36.7 Å². The third-order valence-electron chi connectivity index (χ3n) is 2.98. The number of methoxy groups -OCH3 is 2. The second kappa shape index (κ2) is 5.68. The molecule has 0 aliphatic carbocycles. The van der Waals surface area contributed by atoms with Crippen molar-refractivity contribution in [3.63, 3.8) is 0 Å². The number of rotatable bonds is 4. The number of carbonyl (C=O) groups excluding carboxylic acids is 1. The highest BCUT2D eigenvalue weighted by molar-refractivity contribution is 6.02. The van der Waals surface area contributed by atoms with E-state index in [1.807, 2.05) is 0 Å². The van der Waals surface area contributed by atoms with Gasteiger partial charge in [0.15, 0.2) is 0 Å². The lowest BCUT2D eigenvalue weighted by Gasteiger charge is -2.10. The zero-order valence-corrected chi connectivity index (χ0v) is 12.0. The fourth-order valence-corrected chi connectivity index (χ4v) is 1.91. The third kappa shape index (κ3) is 2.53. The normalized spacial score (nSPS) is 10.5. The number of benzene rings is 1. The molecule has 2 heterocycles. The van der Waals surface area contributed by atoms with Crippen molar-refractivity contribution < 1.29 is 14.3 Å². The van der Waals surface area contributed by atoms with E-state index in [1.165, 1.54) is 11.6 Å². The van der Waals surface area contributed by atoms with Gasteiger partial charge in [-0.3, -0.25) is 4.79 Å². The fourth-order valence-electron chi connectivity index (χ4n) is 1.91. The van der Waals surface area contributed by atoms with Gasteiger partial charge in [0.1, 0.15) is 11.5 Å². The van der Waals surface area contributed by atoms with Gasteiger partial charge in [-0.2, -0.15) is 4.98 Å². The van der Waals surface area contributed by atoms with Crippen molar-refractivity contribution in [3.8, 4) is 11.5 Å². The van der Waals surface area contributed by atoms with Crippen molar-refractivity contribution in [3.05, 3.63) is 42.5 Å². The maximum absolute atomic E-state index is 12.2. The van der Waals surface area contributed by atoms with E-state index in [0.29, 0.717) is 23.0 Å². The summed E-state index contributed by atoms with van der Waals surface area (Å²) in [6.45, 7) is 0. The molecule has 8 heteroatoms. The SMILES string of the molecule is COc1ccc(NC(=O)c2nc3ncccn3n2)c(OC)c1. The number of anilines is 1. The van der Waals surface area contributed by atoms with Gasteiger partial charge in [-0.25, -0.2) is 9.50 Å². The summed E-state index contributed by atoms with van der Waals surface area (Å²) >= 11 is 0. The highest BCUT2D eigenvalue weighted by Crippen LogP contribution is 2.29. The van der Waals surface area contributed by atoms with E-state index in [2.05, 4.69) is 20.4 Å². The highest BCUT2D eigenvalue weighted by Gasteiger charge is 2.15. The first-order valence-electron chi connectivity index (χ1n) is 6.42. The molecule has 22 heavy (non-hydrogen) atoms. The van der Waals surface area contributed by atoms with Gasteiger partial charge in [-0.15, -0.1) is 5.10 Å². The van der Waals surface area contributed by atoms with Crippen molar-refractivity contribution >= 4 is 17.4 Å². The molecule has 112 valence electrons. The molecular weight excluding hydrogens is 286 g/mol. The van der Waals surface area contributed by atoms with Crippen molar-refractivity contribution in [1.29, 1.82) is 0 Å². The topological polar surface area (TPSA) is 90.6 Å². The molecule has 0 radical (unpaired) electrons. The standard InChI is InChI=1S/C14H13N5O3/c1-21-9-4-5-10(11(8-9)22-2)16-13(20)12-17-14-15-6-3-7-19(14)18-12/h3-8H,1-2H3,(H,16,20). The second-order valence-corrected chi connectivity index (χ2v) is 4.32. The summed E-state index contributed by atoms with van der Waals surface area (Å²) in [7, 11) is 3.07. The molecule has 0 aliphatic heterocycles. The van der Waals surface area contributed by atoms with E-state index in [9.17, 15) is 4.79 Å². The van der Waals surface area contributed by atoms with Gasteiger partial charge in [0, 0.05) is 18.5 Å². The van der Waals surface area contributed by atoms with Gasteiger partial charge in [-0.1, -0.05) is 0 Å². The lowest BCUT2D eigenvalue weighted by atomic mass is 10.2. The van der Waals surface area contributed by atoms with Crippen LogP contribution in [0.1, 0.15) is 10.6 Å². The number of nitrogens with zero attached hydrogens (tertiary/aromatic N) is 4. The van der Waals surface area contributed by atoms with Crippen LogP contribution in [0.25, 0.3) is 5.78 Å². The lowest BCUT2D eigenvalue weighted by molar-refractivity contribution is 0.101. The maximum atomic E-state index is 12.2. The van der Waals surface area contributed by atoms with E-state index in [-0.39, 0.29) is 5.82 Å². The number of fused-ring (bicyclic) bond motifs is 1. The Morgan fingerprint density at radius 3 is 2.86 bits per heavy atom. The summed E-state index contributed by atoms with van der Waals surface area (Å²) < 4.78 is 11.8. The molecular formula is C14H13N5O3. The van der Waals surface area contributed by atoms with Gasteiger partial charge in [0.05, 0.1) is 19.9 Å². The van der Waals surface area contributed by atoms with E-state index < -0.39 is 5.91 Å². The van der Waals surface area contributed by atoms with Crippen molar-refractivity contribution in [2.45, 2.75) is 0 Å². The molecule has 0 saturated heterocycles. The summed E-state index contributed by atoms with van der Waals surface area (Å²) in [4.78, 5) is 20.3. The molecule has 1 N–H and O–H groups in total. The maximum Gasteiger partial charge on any atom is 0.295 e. The zero-order chi connectivity index (χ0) is 15.5. The van der Waals surface area contributed by atoms with Crippen LogP contribution >= 0.6 is 0 Å². The smallest absolute Gasteiger partial charge is 0.295 e. The van der Waals surface area contributed by atoms with Gasteiger partial charge in [-0.05, 0) is 18.2 Å². The number of ether oxygens (including phenoxy) is 2. The minimum atomic E-state index is -0.450. The first kappa shape index (κ1) is 13.8. The van der Waals surface area contributed by atoms with E-state index in [1.54, 1.807) is 43.8 Å². The third-order valence-corrected chi connectivity index (χ3v) is 2.98. The van der Waals surface area contributed by atoms with Crippen LogP contribution in [0.4, 0.5) is 5.69 Å². The Balaban J connectivity index is 1.87. The first-order valence-corrected chi connectivity index (χ1v) is 6.42. The summed E-state index contributed by atoms with van der Waals surface area (Å²) in [5, 5.41) is 6.77. The molecule has 0 unspecified atom stereocenters. The quantitative estimate of drug-likeness (QED) is 0.783. The Morgan fingerprint density at radius 2 is 2.14 bits per heavy atom. The van der Waals surface area contributed by atoms with Crippen LogP contribution in [0.2, 0.25) is 0 Å².